The second-order valence-electron chi connectivity index (χ2n) is 9.43. The molecule has 1 aliphatic rings. The van der Waals surface area contributed by atoms with E-state index in [0.717, 1.165) is 48.9 Å². The van der Waals surface area contributed by atoms with Crippen molar-refractivity contribution in [3.8, 4) is 11.3 Å². The minimum atomic E-state index is -0.126. The third-order valence-corrected chi connectivity index (χ3v) is 5.91. The van der Waals surface area contributed by atoms with Crippen LogP contribution >= 0.6 is 0 Å². The van der Waals surface area contributed by atoms with Crippen LogP contribution in [0.25, 0.3) is 11.3 Å². The molecule has 0 radical (unpaired) electrons. The number of carbonyl (C=O) groups is 1. The Morgan fingerprint density at radius 3 is 2.25 bits per heavy atom. The second-order valence-corrected chi connectivity index (χ2v) is 9.43. The molecule has 6 heteroatoms. The van der Waals surface area contributed by atoms with Gasteiger partial charge in [0.2, 0.25) is 0 Å². The number of carbonyl (C=O) groups excluding carboxylic acids is 1. The van der Waals surface area contributed by atoms with Crippen LogP contribution in [0.5, 0.6) is 0 Å². The molecule has 1 aromatic heterocycles. The van der Waals surface area contributed by atoms with Crippen molar-refractivity contribution in [1.82, 2.24) is 15.1 Å². The average Bonchev–Trinajstić information content (AvgIpc) is 2.79. The van der Waals surface area contributed by atoms with Gasteiger partial charge in [-0.2, -0.15) is 0 Å². The number of rotatable bonds is 4. The summed E-state index contributed by atoms with van der Waals surface area (Å²) in [5.74, 6) is 0.782. The predicted octanol–water partition coefficient (Wildman–Crippen LogP) is 4.45. The van der Waals surface area contributed by atoms with Crippen LogP contribution in [0, 0.1) is 0 Å². The standard InChI is InChI=1S/C26H31N5O/c1-26(2,3)21-10-8-19(9-11-21)25(32)27-22-7-5-6-20(18-22)23-12-13-24(29-28-23)31-16-14-30(4)15-17-31/h5-13,18H,14-17H2,1-4H3,(H,27,32). The summed E-state index contributed by atoms with van der Waals surface area (Å²) in [5.41, 5.74) is 4.34. The number of nitrogens with zero attached hydrogens (tertiary/aromatic N) is 4. The first-order valence-electron chi connectivity index (χ1n) is 11.1. The first kappa shape index (κ1) is 22.0. The van der Waals surface area contributed by atoms with E-state index in [1.165, 1.54) is 5.56 Å². The topological polar surface area (TPSA) is 61.4 Å². The maximum atomic E-state index is 12.7. The predicted molar refractivity (Wildman–Crippen MR) is 130 cm³/mol. The van der Waals surface area contributed by atoms with Gasteiger partial charge in [0.15, 0.2) is 5.82 Å². The van der Waals surface area contributed by atoms with Gasteiger partial charge in [-0.25, -0.2) is 0 Å². The van der Waals surface area contributed by atoms with E-state index in [1.807, 2.05) is 60.7 Å². The van der Waals surface area contributed by atoms with Gasteiger partial charge < -0.3 is 15.1 Å². The fraction of sp³-hybridized carbons (Fsp3) is 0.346. The van der Waals surface area contributed by atoms with Crippen LogP contribution in [0.4, 0.5) is 11.5 Å². The van der Waals surface area contributed by atoms with Crippen molar-refractivity contribution in [3.05, 3.63) is 71.8 Å². The number of piperazine rings is 1. The number of hydrogen-bond donors (Lipinski definition) is 1. The van der Waals surface area contributed by atoms with Crippen molar-refractivity contribution < 1.29 is 4.79 Å². The van der Waals surface area contributed by atoms with Crippen molar-refractivity contribution in [1.29, 1.82) is 0 Å². The van der Waals surface area contributed by atoms with Gasteiger partial charge in [-0.15, -0.1) is 10.2 Å². The highest BCUT2D eigenvalue weighted by Crippen LogP contribution is 2.24. The third-order valence-electron chi connectivity index (χ3n) is 5.91. The molecule has 0 aliphatic carbocycles. The first-order chi connectivity index (χ1) is 15.3. The molecule has 4 rings (SSSR count). The Kier molecular flexibility index (Phi) is 6.24. The van der Waals surface area contributed by atoms with Crippen molar-refractivity contribution in [2.24, 2.45) is 0 Å². The van der Waals surface area contributed by atoms with Gasteiger partial charge in [0.05, 0.1) is 5.69 Å². The van der Waals surface area contributed by atoms with E-state index in [4.69, 9.17) is 0 Å². The quantitative estimate of drug-likeness (QED) is 0.664. The van der Waals surface area contributed by atoms with Crippen molar-refractivity contribution in [2.45, 2.75) is 26.2 Å². The molecule has 1 saturated heterocycles. The van der Waals surface area contributed by atoms with Crippen molar-refractivity contribution in [2.75, 3.05) is 43.4 Å². The fourth-order valence-corrected chi connectivity index (χ4v) is 3.76. The lowest BCUT2D eigenvalue weighted by atomic mass is 9.87. The van der Waals surface area contributed by atoms with Gasteiger partial charge in [0.25, 0.3) is 5.91 Å². The molecule has 2 heterocycles. The SMILES string of the molecule is CN1CCN(c2ccc(-c3cccc(NC(=O)c4ccc(C(C)(C)C)cc4)c3)nn2)CC1. The second kappa shape index (κ2) is 9.09. The molecule has 6 nitrogen and oxygen atoms in total. The molecular weight excluding hydrogens is 398 g/mol. The number of hydrogen-bond acceptors (Lipinski definition) is 5. The van der Waals surface area contributed by atoms with E-state index in [-0.39, 0.29) is 11.3 Å². The molecule has 1 fully saturated rings. The summed E-state index contributed by atoms with van der Waals surface area (Å²) in [4.78, 5) is 17.3. The smallest absolute Gasteiger partial charge is 0.255 e. The molecule has 32 heavy (non-hydrogen) atoms. The van der Waals surface area contributed by atoms with E-state index >= 15 is 0 Å². The monoisotopic (exact) mass is 429 g/mol. The highest BCUT2D eigenvalue weighted by molar-refractivity contribution is 6.04. The molecule has 0 spiro atoms. The maximum absolute atomic E-state index is 12.7. The molecule has 0 bridgehead atoms. The summed E-state index contributed by atoms with van der Waals surface area (Å²) in [6, 6.07) is 19.5. The Bertz CT molecular complexity index is 1060. The van der Waals surface area contributed by atoms with E-state index < -0.39 is 0 Å². The number of amides is 1. The lowest BCUT2D eigenvalue weighted by molar-refractivity contribution is 0.102. The molecule has 2 aromatic carbocycles. The Morgan fingerprint density at radius 2 is 1.62 bits per heavy atom. The number of anilines is 2. The van der Waals surface area contributed by atoms with Crippen LogP contribution in [0.15, 0.2) is 60.7 Å². The van der Waals surface area contributed by atoms with Gasteiger partial charge >= 0.3 is 0 Å². The molecule has 166 valence electrons. The van der Waals surface area contributed by atoms with Gasteiger partial charge in [-0.1, -0.05) is 45.0 Å². The van der Waals surface area contributed by atoms with Gasteiger partial charge in [-0.3, -0.25) is 4.79 Å². The lowest BCUT2D eigenvalue weighted by Crippen LogP contribution is -2.44. The zero-order valence-electron chi connectivity index (χ0n) is 19.3. The van der Waals surface area contributed by atoms with Crippen LogP contribution in [0.1, 0.15) is 36.7 Å². The van der Waals surface area contributed by atoms with E-state index in [2.05, 4.69) is 53.1 Å². The minimum absolute atomic E-state index is 0.0598. The minimum Gasteiger partial charge on any atom is -0.353 e. The highest BCUT2D eigenvalue weighted by Gasteiger charge is 2.16. The lowest BCUT2D eigenvalue weighted by Gasteiger charge is -2.32. The summed E-state index contributed by atoms with van der Waals surface area (Å²) in [5, 5.41) is 11.9. The van der Waals surface area contributed by atoms with E-state index in [0.29, 0.717) is 5.56 Å². The van der Waals surface area contributed by atoms with Crippen molar-refractivity contribution in [3.63, 3.8) is 0 Å². The van der Waals surface area contributed by atoms with Crippen LogP contribution in [-0.4, -0.2) is 54.2 Å². The number of nitrogens with one attached hydrogen (secondary N) is 1. The number of likely N-dealkylation sites (N-methyl/N-ethyl adjacent to an activating group) is 1. The summed E-state index contributed by atoms with van der Waals surface area (Å²) >= 11 is 0. The summed E-state index contributed by atoms with van der Waals surface area (Å²) in [6.45, 7) is 10.5. The molecule has 3 aromatic rings. The van der Waals surface area contributed by atoms with Crippen molar-refractivity contribution >= 4 is 17.4 Å². The normalized spacial score (nSPS) is 14.9. The first-order valence-corrected chi connectivity index (χ1v) is 11.1. The Labute approximate surface area is 190 Å². The molecule has 1 aliphatic heterocycles. The highest BCUT2D eigenvalue weighted by atomic mass is 16.1. The summed E-state index contributed by atoms with van der Waals surface area (Å²) < 4.78 is 0. The zero-order valence-corrected chi connectivity index (χ0v) is 19.3. The Hall–Kier alpha value is -3.25. The summed E-state index contributed by atoms with van der Waals surface area (Å²) in [7, 11) is 2.14. The molecule has 1 amide bonds. The molecule has 1 N–H and O–H groups in total. The van der Waals surface area contributed by atoms with Crippen LogP contribution < -0.4 is 10.2 Å². The van der Waals surface area contributed by atoms with E-state index in [1.54, 1.807) is 0 Å². The fourth-order valence-electron chi connectivity index (χ4n) is 3.76. The number of aromatic nitrogens is 2. The number of benzene rings is 2. The van der Waals surface area contributed by atoms with Gasteiger partial charge in [-0.05, 0) is 54.4 Å². The molecule has 0 atom stereocenters. The largest absolute Gasteiger partial charge is 0.353 e. The van der Waals surface area contributed by atoms with E-state index in [9.17, 15) is 4.79 Å². The van der Waals surface area contributed by atoms with Crippen LogP contribution in [0.3, 0.4) is 0 Å². The van der Waals surface area contributed by atoms with Crippen LogP contribution in [0.2, 0.25) is 0 Å². The molecular formula is C26H31N5O. The maximum Gasteiger partial charge on any atom is 0.255 e. The Morgan fingerprint density at radius 1 is 0.906 bits per heavy atom. The average molecular weight is 430 g/mol. The summed E-state index contributed by atoms with van der Waals surface area (Å²) in [6.07, 6.45) is 0. The molecule has 0 saturated carbocycles. The Balaban J connectivity index is 1.45. The third kappa shape index (κ3) is 5.14. The van der Waals surface area contributed by atoms with Gasteiger partial charge in [0, 0.05) is 43.0 Å². The molecule has 0 unspecified atom stereocenters. The zero-order chi connectivity index (χ0) is 22.7. The van der Waals surface area contributed by atoms with Gasteiger partial charge in [0.1, 0.15) is 0 Å². The van der Waals surface area contributed by atoms with Crippen LogP contribution in [-0.2, 0) is 5.41 Å².